The average molecular weight is 534 g/mol. The molecule has 0 radical (unpaired) electrons. The summed E-state index contributed by atoms with van der Waals surface area (Å²) in [5.74, 6) is 1.67. The van der Waals surface area contributed by atoms with Gasteiger partial charge < -0.3 is 16.0 Å². The van der Waals surface area contributed by atoms with Gasteiger partial charge in [-0.15, -0.1) is 0 Å². The zero-order valence-electron chi connectivity index (χ0n) is 22.0. The van der Waals surface area contributed by atoms with Crippen molar-refractivity contribution in [1.82, 2.24) is 19.7 Å². The number of anilines is 5. The molecular formula is C27H31N7O3S. The van der Waals surface area contributed by atoms with Crippen molar-refractivity contribution in [2.24, 2.45) is 7.05 Å². The molecule has 38 heavy (non-hydrogen) atoms. The SMILES string of the molecule is Cn1nc(C(C)(C)C)cc1NC(=O)Cc1ccc(Nc2cc(Nc3ccc(S(C)(=O)=O)cc3)ncn2)cc1. The van der Waals surface area contributed by atoms with Crippen LogP contribution in [0.25, 0.3) is 0 Å². The van der Waals surface area contributed by atoms with Crippen LogP contribution in [0.4, 0.5) is 28.8 Å². The Balaban J connectivity index is 1.35. The van der Waals surface area contributed by atoms with Gasteiger partial charge in [0, 0.05) is 42.2 Å². The molecule has 11 heteroatoms. The number of aryl methyl sites for hydroxylation is 1. The molecule has 0 aliphatic rings. The van der Waals surface area contributed by atoms with E-state index in [-0.39, 0.29) is 22.6 Å². The third-order valence-corrected chi connectivity index (χ3v) is 6.86. The highest BCUT2D eigenvalue weighted by atomic mass is 32.2. The van der Waals surface area contributed by atoms with Gasteiger partial charge in [-0.3, -0.25) is 9.48 Å². The normalized spacial score (nSPS) is 11.7. The fourth-order valence-corrected chi connectivity index (χ4v) is 4.23. The van der Waals surface area contributed by atoms with Crippen LogP contribution in [0.15, 0.2) is 71.9 Å². The Bertz CT molecular complexity index is 1540. The fourth-order valence-electron chi connectivity index (χ4n) is 3.60. The van der Waals surface area contributed by atoms with Crippen molar-refractivity contribution >= 4 is 44.6 Å². The lowest BCUT2D eigenvalue weighted by molar-refractivity contribution is -0.115. The van der Waals surface area contributed by atoms with Crippen molar-refractivity contribution < 1.29 is 13.2 Å². The number of aromatic nitrogens is 4. The molecule has 2 aromatic heterocycles. The fraction of sp³-hybridized carbons (Fsp3) is 0.259. The first kappa shape index (κ1) is 26.8. The summed E-state index contributed by atoms with van der Waals surface area (Å²) >= 11 is 0. The maximum atomic E-state index is 12.6. The number of carbonyl (C=O) groups excluding carboxylic acids is 1. The van der Waals surface area contributed by atoms with Gasteiger partial charge in [-0.25, -0.2) is 18.4 Å². The molecule has 0 aliphatic heterocycles. The van der Waals surface area contributed by atoms with Crippen molar-refractivity contribution in [2.75, 3.05) is 22.2 Å². The molecule has 0 saturated heterocycles. The molecule has 0 fully saturated rings. The van der Waals surface area contributed by atoms with E-state index in [1.54, 1.807) is 35.0 Å². The first-order valence-corrected chi connectivity index (χ1v) is 13.9. The highest BCUT2D eigenvalue weighted by Crippen LogP contribution is 2.24. The zero-order chi connectivity index (χ0) is 27.5. The predicted octanol–water partition coefficient (Wildman–Crippen LogP) is 4.58. The van der Waals surface area contributed by atoms with Gasteiger partial charge in [-0.1, -0.05) is 32.9 Å². The van der Waals surface area contributed by atoms with Crippen molar-refractivity contribution in [2.45, 2.75) is 37.5 Å². The molecule has 0 unspecified atom stereocenters. The van der Waals surface area contributed by atoms with Crippen LogP contribution in [0.1, 0.15) is 32.0 Å². The second kappa shape index (κ2) is 10.6. The van der Waals surface area contributed by atoms with Crippen LogP contribution < -0.4 is 16.0 Å². The summed E-state index contributed by atoms with van der Waals surface area (Å²) in [5, 5.41) is 13.8. The zero-order valence-corrected chi connectivity index (χ0v) is 22.8. The predicted molar refractivity (Wildman–Crippen MR) is 149 cm³/mol. The van der Waals surface area contributed by atoms with E-state index in [0.29, 0.717) is 23.1 Å². The second-order valence-corrected chi connectivity index (χ2v) is 12.1. The molecule has 10 nitrogen and oxygen atoms in total. The quantitative estimate of drug-likeness (QED) is 0.300. The van der Waals surface area contributed by atoms with Crippen molar-refractivity contribution in [3.05, 3.63) is 78.2 Å². The summed E-state index contributed by atoms with van der Waals surface area (Å²) in [4.78, 5) is 21.3. The summed E-state index contributed by atoms with van der Waals surface area (Å²) in [6.45, 7) is 6.24. The van der Waals surface area contributed by atoms with Crippen LogP contribution in [-0.2, 0) is 33.5 Å². The number of benzene rings is 2. The van der Waals surface area contributed by atoms with Crippen LogP contribution in [0, 0.1) is 0 Å². The summed E-state index contributed by atoms with van der Waals surface area (Å²) in [6, 6.07) is 17.6. The van der Waals surface area contributed by atoms with Gasteiger partial charge in [-0.05, 0) is 42.0 Å². The van der Waals surface area contributed by atoms with Crippen molar-refractivity contribution in [3.8, 4) is 0 Å². The van der Waals surface area contributed by atoms with Gasteiger partial charge in [0.25, 0.3) is 0 Å². The Morgan fingerprint density at radius 1 is 0.895 bits per heavy atom. The number of amides is 1. The Morgan fingerprint density at radius 2 is 1.45 bits per heavy atom. The van der Waals surface area contributed by atoms with E-state index in [4.69, 9.17) is 0 Å². The molecule has 2 heterocycles. The lowest BCUT2D eigenvalue weighted by atomic mass is 9.92. The lowest BCUT2D eigenvalue weighted by Gasteiger charge is -2.13. The average Bonchev–Trinajstić information content (AvgIpc) is 3.21. The maximum Gasteiger partial charge on any atom is 0.229 e. The molecule has 0 saturated carbocycles. The second-order valence-electron chi connectivity index (χ2n) is 10.0. The highest BCUT2D eigenvalue weighted by molar-refractivity contribution is 7.90. The van der Waals surface area contributed by atoms with Crippen LogP contribution in [0.3, 0.4) is 0 Å². The molecule has 0 spiro atoms. The molecule has 1 amide bonds. The standard InChI is InChI=1S/C27H31N7O3S/c1-27(2,3)22-15-25(34(4)33-22)32-26(35)14-18-6-8-19(9-7-18)30-23-16-24(29-17-28-23)31-20-10-12-21(13-11-20)38(5,36)37/h6-13,15-17H,14H2,1-5H3,(H,32,35)(H2,28,29,30,31). The van der Waals surface area contributed by atoms with E-state index in [2.05, 4.69) is 51.8 Å². The Labute approximate surface area is 222 Å². The molecular weight excluding hydrogens is 502 g/mol. The monoisotopic (exact) mass is 533 g/mol. The maximum absolute atomic E-state index is 12.6. The Morgan fingerprint density at radius 3 is 1.95 bits per heavy atom. The van der Waals surface area contributed by atoms with E-state index in [9.17, 15) is 13.2 Å². The number of hydrogen-bond donors (Lipinski definition) is 3. The topological polar surface area (TPSA) is 131 Å². The highest BCUT2D eigenvalue weighted by Gasteiger charge is 2.19. The van der Waals surface area contributed by atoms with Crippen molar-refractivity contribution in [3.63, 3.8) is 0 Å². The number of sulfone groups is 1. The largest absolute Gasteiger partial charge is 0.340 e. The van der Waals surface area contributed by atoms with Gasteiger partial charge in [-0.2, -0.15) is 5.10 Å². The summed E-state index contributed by atoms with van der Waals surface area (Å²) < 4.78 is 25.0. The molecule has 0 atom stereocenters. The molecule has 0 bridgehead atoms. The number of nitrogens with one attached hydrogen (secondary N) is 3. The van der Waals surface area contributed by atoms with Gasteiger partial charge in [0.15, 0.2) is 9.84 Å². The number of rotatable bonds is 8. The third kappa shape index (κ3) is 6.94. The first-order valence-electron chi connectivity index (χ1n) is 12.0. The van der Waals surface area contributed by atoms with E-state index in [0.717, 1.165) is 16.9 Å². The molecule has 2 aromatic carbocycles. The van der Waals surface area contributed by atoms with Crippen molar-refractivity contribution in [1.29, 1.82) is 0 Å². The number of carbonyl (C=O) groups is 1. The van der Waals surface area contributed by atoms with Gasteiger partial charge in [0.1, 0.15) is 23.8 Å². The van der Waals surface area contributed by atoms with E-state index < -0.39 is 9.84 Å². The van der Waals surface area contributed by atoms with Crippen LogP contribution in [0.2, 0.25) is 0 Å². The lowest BCUT2D eigenvalue weighted by Crippen LogP contribution is -2.16. The van der Waals surface area contributed by atoms with Crippen LogP contribution in [0.5, 0.6) is 0 Å². The smallest absolute Gasteiger partial charge is 0.229 e. The summed E-state index contributed by atoms with van der Waals surface area (Å²) in [6.07, 6.45) is 2.83. The number of hydrogen-bond acceptors (Lipinski definition) is 8. The third-order valence-electron chi connectivity index (χ3n) is 5.73. The minimum absolute atomic E-state index is 0.101. The molecule has 198 valence electrons. The molecule has 4 rings (SSSR count). The molecule has 4 aromatic rings. The minimum Gasteiger partial charge on any atom is -0.340 e. The van der Waals surface area contributed by atoms with Gasteiger partial charge >= 0.3 is 0 Å². The molecule has 3 N–H and O–H groups in total. The first-order chi connectivity index (χ1) is 17.9. The van der Waals surface area contributed by atoms with Crippen LogP contribution in [-0.4, -0.2) is 40.3 Å². The Hall–Kier alpha value is -4.25. The Kier molecular flexibility index (Phi) is 7.49. The van der Waals surface area contributed by atoms with E-state index in [1.165, 1.54) is 12.6 Å². The minimum atomic E-state index is -3.25. The number of nitrogens with zero attached hydrogens (tertiary/aromatic N) is 4. The van der Waals surface area contributed by atoms with Gasteiger partial charge in [0.05, 0.1) is 17.0 Å². The van der Waals surface area contributed by atoms with Crippen LogP contribution >= 0.6 is 0 Å². The molecule has 0 aliphatic carbocycles. The van der Waals surface area contributed by atoms with Gasteiger partial charge in [0.2, 0.25) is 5.91 Å². The van der Waals surface area contributed by atoms with E-state index >= 15 is 0 Å². The summed E-state index contributed by atoms with van der Waals surface area (Å²) in [5.41, 5.74) is 3.19. The van der Waals surface area contributed by atoms with E-state index in [1.807, 2.05) is 37.4 Å². The summed E-state index contributed by atoms with van der Waals surface area (Å²) in [7, 11) is -1.44.